The molecule has 7 heteroatoms. The molecule has 0 heterocycles. The van der Waals surface area contributed by atoms with Crippen molar-refractivity contribution >= 4 is 11.9 Å². The average Bonchev–Trinajstić information content (AvgIpc) is 1.99. The Morgan fingerprint density at radius 1 is 1.43 bits per heavy atom. The van der Waals surface area contributed by atoms with E-state index in [2.05, 4.69) is 0 Å². The first kappa shape index (κ1) is 12.7. The van der Waals surface area contributed by atoms with Gasteiger partial charge in [-0.3, -0.25) is 9.59 Å². The van der Waals surface area contributed by atoms with Crippen molar-refractivity contribution < 1.29 is 27.9 Å². The van der Waals surface area contributed by atoms with Crippen LogP contribution in [0.15, 0.2) is 0 Å². The Morgan fingerprint density at radius 3 is 2.29 bits per heavy atom. The number of carbonyl (C=O) groups is 2. The number of alkyl halides is 3. The second-order valence-electron chi connectivity index (χ2n) is 2.74. The zero-order valence-electron chi connectivity index (χ0n) is 7.39. The van der Waals surface area contributed by atoms with Crippen molar-refractivity contribution in [2.45, 2.75) is 32.0 Å². The van der Waals surface area contributed by atoms with Crippen molar-refractivity contribution in [2.24, 2.45) is 0 Å². The van der Waals surface area contributed by atoms with E-state index in [0.29, 0.717) is 0 Å². The van der Waals surface area contributed by atoms with Gasteiger partial charge in [-0.2, -0.15) is 13.2 Å². The summed E-state index contributed by atoms with van der Waals surface area (Å²) < 4.78 is 34.8. The number of halogens is 3. The molecule has 0 aliphatic heterocycles. The third-order valence-electron chi connectivity index (χ3n) is 1.38. The predicted octanol–water partition coefficient (Wildman–Crippen LogP) is 0.918. The predicted molar refractivity (Wildman–Crippen MR) is 40.5 cm³/mol. The Morgan fingerprint density at radius 2 is 1.93 bits per heavy atom. The molecule has 0 fully saturated rings. The molecule has 0 rings (SSSR count). The Hall–Kier alpha value is -1.27. The maximum Gasteiger partial charge on any atom is 0.389 e. The third kappa shape index (κ3) is 6.27. The van der Waals surface area contributed by atoms with Gasteiger partial charge in [0.2, 0.25) is 5.91 Å². The molecule has 0 unspecified atom stereocenters. The first-order valence-electron chi connectivity index (χ1n) is 3.81. The number of carboxylic acid groups (broad SMARTS) is 1. The maximum atomic E-state index is 11.6. The molecule has 0 bridgehead atoms. The molecule has 1 amide bonds. The maximum absolute atomic E-state index is 11.6. The molecule has 0 aromatic heterocycles. The summed E-state index contributed by atoms with van der Waals surface area (Å²) in [4.78, 5) is 20.9. The first-order valence-corrected chi connectivity index (χ1v) is 3.81. The van der Waals surface area contributed by atoms with Gasteiger partial charge in [0.25, 0.3) is 0 Å². The van der Waals surface area contributed by atoms with Crippen molar-refractivity contribution in [2.75, 3.05) is 0 Å². The number of rotatable bonds is 4. The van der Waals surface area contributed by atoms with Crippen LogP contribution in [0.2, 0.25) is 0 Å². The van der Waals surface area contributed by atoms with Crippen LogP contribution >= 0.6 is 0 Å². The average molecular weight is 213 g/mol. The van der Waals surface area contributed by atoms with Gasteiger partial charge < -0.3 is 10.4 Å². The van der Waals surface area contributed by atoms with E-state index < -0.39 is 36.9 Å². The molecule has 0 saturated heterocycles. The van der Waals surface area contributed by atoms with Gasteiger partial charge in [0.15, 0.2) is 0 Å². The molecule has 1 atom stereocenters. The Bertz CT molecular complexity index is 227. The number of amides is 1. The highest BCUT2D eigenvalue weighted by Gasteiger charge is 2.28. The van der Waals surface area contributed by atoms with E-state index in [1.165, 1.54) is 6.92 Å². The van der Waals surface area contributed by atoms with E-state index in [1.807, 2.05) is 5.32 Å². The number of hydrogen-bond acceptors (Lipinski definition) is 2. The number of nitrogens with one attached hydrogen (secondary N) is 1. The van der Waals surface area contributed by atoms with E-state index >= 15 is 0 Å². The number of carbonyl (C=O) groups excluding carboxylic acids is 1. The molecule has 0 aliphatic rings. The number of carboxylic acids is 1. The summed E-state index contributed by atoms with van der Waals surface area (Å²) in [6.45, 7) is 1.17. The summed E-state index contributed by atoms with van der Waals surface area (Å²) in [7, 11) is 0. The van der Waals surface area contributed by atoms with Gasteiger partial charge in [0.1, 0.15) is 6.04 Å². The van der Waals surface area contributed by atoms with Crippen LogP contribution in [0.5, 0.6) is 0 Å². The lowest BCUT2D eigenvalue weighted by Crippen LogP contribution is -2.38. The summed E-state index contributed by atoms with van der Waals surface area (Å²) in [6.07, 6.45) is -6.39. The second kappa shape index (κ2) is 4.83. The lowest BCUT2D eigenvalue weighted by atomic mass is 10.2. The largest absolute Gasteiger partial charge is 0.480 e. The molecule has 0 saturated carbocycles. The smallest absolute Gasteiger partial charge is 0.389 e. The quantitative estimate of drug-likeness (QED) is 0.729. The van der Waals surface area contributed by atoms with Gasteiger partial charge in [0.05, 0.1) is 6.42 Å². The lowest BCUT2D eigenvalue weighted by molar-refractivity contribution is -0.146. The van der Waals surface area contributed by atoms with Crippen LogP contribution in [0.4, 0.5) is 13.2 Å². The van der Waals surface area contributed by atoms with E-state index in [4.69, 9.17) is 5.11 Å². The second-order valence-corrected chi connectivity index (χ2v) is 2.74. The monoisotopic (exact) mass is 213 g/mol. The van der Waals surface area contributed by atoms with Crippen LogP contribution in [0.1, 0.15) is 19.8 Å². The SMILES string of the molecule is C[C@@H](NC(=O)CCC(F)(F)F)C(=O)O. The topological polar surface area (TPSA) is 66.4 Å². The van der Waals surface area contributed by atoms with Crippen LogP contribution in [0.25, 0.3) is 0 Å². The van der Waals surface area contributed by atoms with Gasteiger partial charge >= 0.3 is 12.1 Å². The third-order valence-corrected chi connectivity index (χ3v) is 1.38. The molecule has 14 heavy (non-hydrogen) atoms. The molecule has 0 radical (unpaired) electrons. The highest BCUT2D eigenvalue weighted by molar-refractivity contribution is 5.83. The fraction of sp³-hybridized carbons (Fsp3) is 0.714. The fourth-order valence-electron chi connectivity index (χ4n) is 0.631. The summed E-state index contributed by atoms with van der Waals surface area (Å²) in [5, 5.41) is 10.2. The van der Waals surface area contributed by atoms with E-state index in [-0.39, 0.29) is 0 Å². The highest BCUT2D eigenvalue weighted by atomic mass is 19.4. The van der Waals surface area contributed by atoms with E-state index in [1.54, 1.807) is 0 Å². The van der Waals surface area contributed by atoms with Gasteiger partial charge in [-0.15, -0.1) is 0 Å². The zero-order valence-corrected chi connectivity index (χ0v) is 7.39. The van der Waals surface area contributed by atoms with Gasteiger partial charge in [-0.05, 0) is 6.92 Å². The normalized spacial score (nSPS) is 13.4. The van der Waals surface area contributed by atoms with Crippen LogP contribution in [-0.4, -0.2) is 29.2 Å². The van der Waals surface area contributed by atoms with Crippen molar-refractivity contribution in [3.8, 4) is 0 Å². The van der Waals surface area contributed by atoms with Crippen LogP contribution in [0, 0.1) is 0 Å². The number of hydrogen-bond donors (Lipinski definition) is 2. The number of aliphatic carboxylic acids is 1. The van der Waals surface area contributed by atoms with Crippen molar-refractivity contribution in [3.63, 3.8) is 0 Å². The van der Waals surface area contributed by atoms with Gasteiger partial charge in [-0.1, -0.05) is 0 Å². The lowest BCUT2D eigenvalue weighted by Gasteiger charge is -2.09. The molecule has 82 valence electrons. The van der Waals surface area contributed by atoms with E-state index in [9.17, 15) is 22.8 Å². The van der Waals surface area contributed by atoms with Crippen LogP contribution in [-0.2, 0) is 9.59 Å². The standard InChI is InChI=1S/C7H10F3NO3/c1-4(6(13)14)11-5(12)2-3-7(8,9)10/h4H,2-3H2,1H3,(H,11,12)(H,13,14)/t4-/m1/s1. The van der Waals surface area contributed by atoms with E-state index in [0.717, 1.165) is 0 Å². The van der Waals surface area contributed by atoms with Crippen molar-refractivity contribution in [3.05, 3.63) is 0 Å². The molecule has 0 aliphatic carbocycles. The van der Waals surface area contributed by atoms with Crippen LogP contribution < -0.4 is 5.32 Å². The summed E-state index contributed by atoms with van der Waals surface area (Å²) >= 11 is 0. The minimum absolute atomic E-state index is 0.749. The minimum Gasteiger partial charge on any atom is -0.480 e. The molecule has 0 aromatic carbocycles. The fourth-order valence-corrected chi connectivity index (χ4v) is 0.631. The first-order chi connectivity index (χ1) is 6.22. The molecule has 2 N–H and O–H groups in total. The molecular weight excluding hydrogens is 203 g/mol. The molecule has 0 aromatic rings. The summed E-state index contributed by atoms with van der Waals surface area (Å²) in [5.74, 6) is -2.21. The Balaban J connectivity index is 3.83. The minimum atomic E-state index is -4.40. The molecule has 0 spiro atoms. The highest BCUT2D eigenvalue weighted by Crippen LogP contribution is 2.20. The van der Waals surface area contributed by atoms with Gasteiger partial charge in [-0.25, -0.2) is 0 Å². The molecule has 4 nitrogen and oxygen atoms in total. The Kier molecular flexibility index (Phi) is 4.39. The summed E-state index contributed by atoms with van der Waals surface area (Å²) in [6, 6.07) is -1.17. The summed E-state index contributed by atoms with van der Waals surface area (Å²) in [5.41, 5.74) is 0. The van der Waals surface area contributed by atoms with Gasteiger partial charge in [0, 0.05) is 6.42 Å². The van der Waals surface area contributed by atoms with Crippen LogP contribution in [0.3, 0.4) is 0 Å². The Labute approximate surface area is 78.1 Å². The molecular formula is C7H10F3NO3. The van der Waals surface area contributed by atoms with Crippen molar-refractivity contribution in [1.29, 1.82) is 0 Å². The zero-order chi connectivity index (χ0) is 11.4. The van der Waals surface area contributed by atoms with Crippen molar-refractivity contribution in [1.82, 2.24) is 5.32 Å².